The summed E-state index contributed by atoms with van der Waals surface area (Å²) in [5.74, 6) is 1.63. The fourth-order valence-electron chi connectivity index (χ4n) is 4.82. The van der Waals surface area contributed by atoms with E-state index in [0.29, 0.717) is 12.1 Å². The Bertz CT molecular complexity index is 720. The molecule has 1 aliphatic carbocycles. The number of nitrogens with zero attached hydrogens (tertiary/aromatic N) is 1. The summed E-state index contributed by atoms with van der Waals surface area (Å²) in [4.78, 5) is 2.63. The number of rotatable bonds is 11. The molecule has 4 nitrogen and oxygen atoms in total. The van der Waals surface area contributed by atoms with Gasteiger partial charge in [-0.1, -0.05) is 58.6 Å². The van der Waals surface area contributed by atoms with Crippen LogP contribution in [-0.2, 0) is 15.4 Å². The minimum absolute atomic E-state index is 0.198. The van der Waals surface area contributed by atoms with Crippen LogP contribution in [0.1, 0.15) is 64.9 Å². The SMILES string of the molecule is CCCCCCN1CC2C(C1)C2(C)c1cccc(NS(=O)(=O)CCCC)c1. The molecule has 1 heterocycles. The Balaban J connectivity index is 1.57. The monoisotopic (exact) mass is 392 g/mol. The van der Waals surface area contributed by atoms with E-state index in [1.165, 1.54) is 50.9 Å². The Labute approximate surface area is 165 Å². The Morgan fingerprint density at radius 3 is 2.44 bits per heavy atom. The number of piperidine rings is 1. The molecule has 3 rings (SSSR count). The van der Waals surface area contributed by atoms with Gasteiger partial charge in [0.25, 0.3) is 0 Å². The lowest BCUT2D eigenvalue weighted by Gasteiger charge is -2.24. The predicted octanol–water partition coefficient (Wildman–Crippen LogP) is 4.63. The molecule has 0 bridgehead atoms. The van der Waals surface area contributed by atoms with Gasteiger partial charge < -0.3 is 4.90 Å². The average molecular weight is 393 g/mol. The molecule has 2 unspecified atom stereocenters. The summed E-state index contributed by atoms with van der Waals surface area (Å²) in [6.07, 6.45) is 6.89. The maximum atomic E-state index is 12.2. The van der Waals surface area contributed by atoms with Gasteiger partial charge in [0.05, 0.1) is 5.75 Å². The number of likely N-dealkylation sites (tertiary alicyclic amines) is 1. The van der Waals surface area contributed by atoms with Crippen LogP contribution in [0.3, 0.4) is 0 Å². The second kappa shape index (κ2) is 8.52. The van der Waals surface area contributed by atoms with Crippen LogP contribution in [0.2, 0.25) is 0 Å². The normalized spacial score (nSPS) is 27.5. The quantitative estimate of drug-likeness (QED) is 0.559. The van der Waals surface area contributed by atoms with E-state index in [1.807, 2.05) is 19.1 Å². The molecule has 1 aliphatic heterocycles. The fourth-order valence-corrected chi connectivity index (χ4v) is 6.08. The molecule has 2 aliphatic rings. The molecule has 5 heteroatoms. The molecule has 0 amide bonds. The lowest BCUT2D eigenvalue weighted by atomic mass is 9.92. The molecule has 1 N–H and O–H groups in total. The van der Waals surface area contributed by atoms with E-state index in [2.05, 4.69) is 35.6 Å². The third-order valence-electron chi connectivity index (χ3n) is 6.68. The summed E-state index contributed by atoms with van der Waals surface area (Å²) >= 11 is 0. The third-order valence-corrected chi connectivity index (χ3v) is 8.05. The first-order chi connectivity index (χ1) is 12.9. The van der Waals surface area contributed by atoms with Crippen molar-refractivity contribution in [2.75, 3.05) is 30.1 Å². The zero-order valence-electron chi connectivity index (χ0n) is 17.2. The number of hydrogen-bond acceptors (Lipinski definition) is 3. The molecule has 0 spiro atoms. The highest BCUT2D eigenvalue weighted by atomic mass is 32.2. The van der Waals surface area contributed by atoms with Crippen LogP contribution >= 0.6 is 0 Å². The maximum absolute atomic E-state index is 12.2. The molecule has 1 saturated carbocycles. The highest BCUT2D eigenvalue weighted by Gasteiger charge is 2.65. The van der Waals surface area contributed by atoms with Gasteiger partial charge in [0, 0.05) is 24.2 Å². The molecule has 2 fully saturated rings. The molecule has 1 aromatic rings. The summed E-state index contributed by atoms with van der Waals surface area (Å²) in [6, 6.07) is 8.10. The lowest BCUT2D eigenvalue weighted by Crippen LogP contribution is -2.30. The van der Waals surface area contributed by atoms with Crippen molar-refractivity contribution in [1.29, 1.82) is 0 Å². The zero-order chi connectivity index (χ0) is 19.5. The van der Waals surface area contributed by atoms with E-state index in [9.17, 15) is 8.42 Å². The van der Waals surface area contributed by atoms with Gasteiger partial charge in [0.1, 0.15) is 0 Å². The van der Waals surface area contributed by atoms with Gasteiger partial charge in [-0.15, -0.1) is 0 Å². The topological polar surface area (TPSA) is 49.4 Å². The first-order valence-corrected chi connectivity index (χ1v) is 12.4. The van der Waals surface area contributed by atoms with Gasteiger partial charge in [0.2, 0.25) is 10.0 Å². The van der Waals surface area contributed by atoms with Crippen molar-refractivity contribution in [3.8, 4) is 0 Å². The van der Waals surface area contributed by atoms with Gasteiger partial charge >= 0.3 is 0 Å². The van der Waals surface area contributed by atoms with Gasteiger partial charge in [0.15, 0.2) is 0 Å². The van der Waals surface area contributed by atoms with E-state index >= 15 is 0 Å². The van der Waals surface area contributed by atoms with Crippen LogP contribution in [0.25, 0.3) is 0 Å². The van der Waals surface area contributed by atoms with Crippen LogP contribution in [0.5, 0.6) is 0 Å². The number of anilines is 1. The Hall–Kier alpha value is -1.07. The fraction of sp³-hybridized carbons (Fsp3) is 0.727. The molecule has 2 atom stereocenters. The maximum Gasteiger partial charge on any atom is 0.232 e. The van der Waals surface area contributed by atoms with Crippen LogP contribution in [0, 0.1) is 11.8 Å². The smallest absolute Gasteiger partial charge is 0.232 e. The second-order valence-electron chi connectivity index (χ2n) is 8.67. The number of hydrogen-bond donors (Lipinski definition) is 1. The lowest BCUT2D eigenvalue weighted by molar-refractivity contribution is 0.271. The average Bonchev–Trinajstić information content (AvgIpc) is 3.00. The largest absolute Gasteiger partial charge is 0.303 e. The molecular formula is C22H36N2O2S. The van der Waals surface area contributed by atoms with Crippen molar-refractivity contribution >= 4 is 15.7 Å². The number of nitrogens with one attached hydrogen (secondary N) is 1. The minimum Gasteiger partial charge on any atom is -0.303 e. The van der Waals surface area contributed by atoms with Gasteiger partial charge in [-0.3, -0.25) is 4.72 Å². The van der Waals surface area contributed by atoms with Crippen molar-refractivity contribution in [2.45, 2.75) is 64.7 Å². The molecule has 152 valence electrons. The summed E-state index contributed by atoms with van der Waals surface area (Å²) < 4.78 is 27.2. The van der Waals surface area contributed by atoms with Crippen molar-refractivity contribution in [2.24, 2.45) is 11.8 Å². The van der Waals surface area contributed by atoms with Crippen LogP contribution < -0.4 is 4.72 Å². The second-order valence-corrected chi connectivity index (χ2v) is 10.5. The Kier molecular flexibility index (Phi) is 6.52. The standard InChI is InChI=1S/C22H36N2O2S/c1-4-6-8-9-13-24-16-20-21(17-24)22(20,3)18-11-10-12-19(15-18)23-27(25,26)14-7-5-2/h10-12,15,20-21,23H,4-9,13-14,16-17H2,1-3H3. The zero-order valence-corrected chi connectivity index (χ0v) is 18.0. The van der Waals surface area contributed by atoms with Crippen molar-refractivity contribution < 1.29 is 8.42 Å². The van der Waals surface area contributed by atoms with E-state index in [0.717, 1.165) is 18.3 Å². The van der Waals surface area contributed by atoms with E-state index in [-0.39, 0.29) is 11.2 Å². The summed E-state index contributed by atoms with van der Waals surface area (Å²) in [5.41, 5.74) is 2.22. The Morgan fingerprint density at radius 1 is 1.07 bits per heavy atom. The molecule has 1 saturated heterocycles. The molecule has 1 aromatic carbocycles. The summed E-state index contributed by atoms with van der Waals surface area (Å²) in [7, 11) is -3.24. The van der Waals surface area contributed by atoms with Gasteiger partial charge in [-0.25, -0.2) is 8.42 Å². The third kappa shape index (κ3) is 4.68. The number of benzene rings is 1. The summed E-state index contributed by atoms with van der Waals surface area (Å²) in [6.45, 7) is 10.3. The van der Waals surface area contributed by atoms with E-state index < -0.39 is 10.0 Å². The molecule has 27 heavy (non-hydrogen) atoms. The van der Waals surface area contributed by atoms with E-state index in [4.69, 9.17) is 0 Å². The van der Waals surface area contributed by atoms with Crippen molar-refractivity contribution in [1.82, 2.24) is 4.90 Å². The highest BCUT2D eigenvalue weighted by Crippen LogP contribution is 2.63. The minimum atomic E-state index is -3.24. The number of sulfonamides is 1. The van der Waals surface area contributed by atoms with E-state index in [1.54, 1.807) is 0 Å². The van der Waals surface area contributed by atoms with Crippen LogP contribution in [0.15, 0.2) is 24.3 Å². The number of fused-ring (bicyclic) bond motifs is 1. The first-order valence-electron chi connectivity index (χ1n) is 10.7. The molecule has 0 aromatic heterocycles. The van der Waals surface area contributed by atoms with Crippen LogP contribution in [0.4, 0.5) is 5.69 Å². The Morgan fingerprint density at radius 2 is 1.78 bits per heavy atom. The summed E-state index contributed by atoms with van der Waals surface area (Å²) in [5, 5.41) is 0. The van der Waals surface area contributed by atoms with Crippen molar-refractivity contribution in [3.05, 3.63) is 29.8 Å². The van der Waals surface area contributed by atoms with Crippen LogP contribution in [-0.4, -0.2) is 38.7 Å². The van der Waals surface area contributed by atoms with Gasteiger partial charge in [-0.2, -0.15) is 0 Å². The predicted molar refractivity (Wildman–Crippen MR) is 114 cm³/mol. The first kappa shape index (κ1) is 20.7. The van der Waals surface area contributed by atoms with Crippen molar-refractivity contribution in [3.63, 3.8) is 0 Å². The molecular weight excluding hydrogens is 356 g/mol. The highest BCUT2D eigenvalue weighted by molar-refractivity contribution is 7.92. The number of unbranched alkanes of at least 4 members (excludes halogenated alkanes) is 4. The van der Waals surface area contributed by atoms with Gasteiger partial charge in [-0.05, 0) is 48.9 Å². The molecule has 0 radical (unpaired) electrons.